The molecule has 1 aliphatic carbocycles. The summed E-state index contributed by atoms with van der Waals surface area (Å²) in [5, 5.41) is 13.7. The molecule has 1 amide bonds. The van der Waals surface area contributed by atoms with Crippen LogP contribution in [0.3, 0.4) is 0 Å². The second kappa shape index (κ2) is 11.0. The molecule has 11 heteroatoms. The summed E-state index contributed by atoms with van der Waals surface area (Å²) in [6.07, 6.45) is -1.81. The average molecular weight is 641 g/mol. The predicted octanol–water partition coefficient (Wildman–Crippen LogP) is 8.94. The van der Waals surface area contributed by atoms with Crippen molar-refractivity contribution in [2.24, 2.45) is 0 Å². The first-order valence-corrected chi connectivity index (χ1v) is 14.2. The number of nitrogens with one attached hydrogen (secondary N) is 1. The Morgan fingerprint density at radius 3 is 2.16 bits per heavy atom. The van der Waals surface area contributed by atoms with Gasteiger partial charge in [0.1, 0.15) is 5.82 Å². The number of aromatic carboxylic acids is 1. The number of rotatable bonds is 7. The third-order valence-electron chi connectivity index (χ3n) is 7.73. The molecule has 0 unspecified atom stereocenters. The molecule has 0 saturated heterocycles. The molecule has 1 aromatic heterocycles. The average Bonchev–Trinajstić information content (AvgIpc) is 3.63. The van der Waals surface area contributed by atoms with E-state index < -0.39 is 35.0 Å². The number of benzene rings is 4. The Kier molecular flexibility index (Phi) is 7.42. The van der Waals surface area contributed by atoms with E-state index in [9.17, 15) is 32.3 Å². The summed E-state index contributed by atoms with van der Waals surface area (Å²) >= 11 is 12.4. The van der Waals surface area contributed by atoms with Gasteiger partial charge in [-0.05, 0) is 102 Å². The number of amides is 1. The van der Waals surface area contributed by atoms with Crippen molar-refractivity contribution in [3.8, 4) is 11.1 Å². The highest BCUT2D eigenvalue weighted by molar-refractivity contribution is 6.34. The number of fused-ring (bicyclic) bond motifs is 1. The molecule has 5 nitrogen and oxygen atoms in total. The number of hydrogen-bond donors (Lipinski definition) is 2. The third-order valence-corrected chi connectivity index (χ3v) is 8.16. The van der Waals surface area contributed by atoms with Gasteiger partial charge in [-0.2, -0.15) is 13.2 Å². The van der Waals surface area contributed by atoms with Crippen LogP contribution in [0, 0.1) is 5.82 Å². The smallest absolute Gasteiger partial charge is 0.416 e. The molecule has 0 aliphatic heterocycles. The van der Waals surface area contributed by atoms with Gasteiger partial charge in [0.15, 0.2) is 0 Å². The minimum absolute atomic E-state index is 0.0342. The van der Waals surface area contributed by atoms with Crippen molar-refractivity contribution in [2.45, 2.75) is 31.1 Å². The van der Waals surface area contributed by atoms with Crippen molar-refractivity contribution in [1.82, 2.24) is 9.88 Å². The molecule has 1 aliphatic rings. The maximum absolute atomic E-state index is 14.4. The number of carbonyl (C=O) groups is 2. The highest BCUT2D eigenvalue weighted by Crippen LogP contribution is 2.46. The summed E-state index contributed by atoms with van der Waals surface area (Å²) in [5.41, 5.74) is 0.582. The van der Waals surface area contributed by atoms with Gasteiger partial charge >= 0.3 is 12.1 Å². The Balaban J connectivity index is 1.46. The first kappa shape index (κ1) is 29.7. The molecule has 0 bridgehead atoms. The second-order valence-electron chi connectivity index (χ2n) is 10.8. The molecule has 44 heavy (non-hydrogen) atoms. The van der Waals surface area contributed by atoms with Crippen LogP contribution in [0.25, 0.3) is 22.0 Å². The van der Waals surface area contributed by atoms with E-state index in [0.717, 1.165) is 23.3 Å². The van der Waals surface area contributed by atoms with Gasteiger partial charge in [0.25, 0.3) is 5.91 Å². The van der Waals surface area contributed by atoms with Crippen LogP contribution in [-0.4, -0.2) is 21.6 Å². The minimum atomic E-state index is -4.77. The molecule has 2 N–H and O–H groups in total. The zero-order chi connectivity index (χ0) is 31.4. The van der Waals surface area contributed by atoms with E-state index in [1.54, 1.807) is 48.7 Å². The van der Waals surface area contributed by atoms with Gasteiger partial charge in [-0.15, -0.1) is 0 Å². The number of carbonyl (C=O) groups excluding carboxylic acids is 1. The molecule has 0 spiro atoms. The van der Waals surface area contributed by atoms with E-state index in [1.165, 1.54) is 18.2 Å². The van der Waals surface area contributed by atoms with Crippen molar-refractivity contribution in [2.75, 3.05) is 0 Å². The molecular weight excluding hydrogens is 619 g/mol. The fourth-order valence-corrected chi connectivity index (χ4v) is 6.04. The van der Waals surface area contributed by atoms with E-state index >= 15 is 0 Å². The SMILES string of the molecule is O=C(O)c1ccc(C2(NC(=O)c3cc(-c4cc(F)cc(C(F)(F)F)c4)cc4ccn(Cc5cc(Cl)cc(Cl)c5)c34)CC2)cc1. The molecule has 1 fully saturated rings. The first-order valence-electron chi connectivity index (χ1n) is 13.4. The Labute approximate surface area is 258 Å². The molecule has 0 radical (unpaired) electrons. The fraction of sp³-hybridized carbons (Fsp3) is 0.152. The first-order chi connectivity index (χ1) is 20.8. The van der Waals surface area contributed by atoms with Gasteiger partial charge in [-0.3, -0.25) is 4.79 Å². The van der Waals surface area contributed by atoms with Gasteiger partial charge in [0.2, 0.25) is 0 Å². The van der Waals surface area contributed by atoms with E-state index in [4.69, 9.17) is 23.2 Å². The predicted molar refractivity (Wildman–Crippen MR) is 160 cm³/mol. The Morgan fingerprint density at radius 2 is 1.55 bits per heavy atom. The van der Waals surface area contributed by atoms with Crippen LogP contribution in [0.2, 0.25) is 10.0 Å². The zero-order valence-electron chi connectivity index (χ0n) is 22.7. The Bertz CT molecular complexity index is 1930. The van der Waals surface area contributed by atoms with Crippen molar-refractivity contribution >= 4 is 46.0 Å². The summed E-state index contributed by atoms with van der Waals surface area (Å²) in [6, 6.07) is 18.4. The monoisotopic (exact) mass is 640 g/mol. The summed E-state index contributed by atoms with van der Waals surface area (Å²) in [7, 11) is 0. The fourth-order valence-electron chi connectivity index (χ4n) is 5.47. The van der Waals surface area contributed by atoms with Gasteiger partial charge < -0.3 is 15.0 Å². The number of alkyl halides is 3. The van der Waals surface area contributed by atoms with Gasteiger partial charge in [0.05, 0.1) is 27.7 Å². The summed E-state index contributed by atoms with van der Waals surface area (Å²) in [6.45, 7) is 0.281. The van der Waals surface area contributed by atoms with E-state index in [-0.39, 0.29) is 28.8 Å². The van der Waals surface area contributed by atoms with Crippen LogP contribution in [0.5, 0.6) is 0 Å². The molecule has 0 atom stereocenters. The summed E-state index contributed by atoms with van der Waals surface area (Å²) in [4.78, 5) is 25.3. The number of hydrogen-bond acceptors (Lipinski definition) is 2. The molecular formula is C33H22Cl2F4N2O3. The zero-order valence-corrected chi connectivity index (χ0v) is 24.2. The second-order valence-corrected chi connectivity index (χ2v) is 11.7. The lowest BCUT2D eigenvalue weighted by molar-refractivity contribution is -0.137. The van der Waals surface area contributed by atoms with Crippen LogP contribution in [-0.2, 0) is 18.3 Å². The Hall–Kier alpha value is -4.34. The number of carboxylic acid groups (broad SMARTS) is 1. The molecule has 4 aromatic carbocycles. The van der Waals surface area contributed by atoms with E-state index in [1.807, 2.05) is 4.57 Å². The van der Waals surface area contributed by atoms with Gasteiger partial charge in [-0.1, -0.05) is 35.3 Å². The van der Waals surface area contributed by atoms with Crippen LogP contribution < -0.4 is 5.32 Å². The number of halogens is 6. The van der Waals surface area contributed by atoms with Crippen molar-refractivity contribution < 1.29 is 32.3 Å². The normalized spacial score (nSPS) is 14.0. The summed E-state index contributed by atoms with van der Waals surface area (Å²) in [5.74, 6) is -2.62. The number of carboxylic acids is 1. The lowest BCUT2D eigenvalue weighted by Crippen LogP contribution is -2.35. The van der Waals surface area contributed by atoms with Crippen LogP contribution in [0.4, 0.5) is 17.6 Å². The maximum Gasteiger partial charge on any atom is 0.416 e. The topological polar surface area (TPSA) is 71.3 Å². The third kappa shape index (κ3) is 5.89. The number of nitrogens with zero attached hydrogens (tertiary/aromatic N) is 1. The van der Waals surface area contributed by atoms with Crippen LogP contribution in [0.1, 0.15) is 50.2 Å². The standard InChI is InChI=1S/C33H22Cl2F4N2O3/c34-25-9-18(10-26(35)16-25)17-41-8-5-20-11-21(22-12-24(33(37,38)39)15-27(36)13-22)14-28(29(20)41)30(42)40-32(6-7-32)23-3-1-19(2-4-23)31(43)44/h1-5,8-16H,6-7,17H2,(H,40,42)(H,43,44). The Morgan fingerprint density at radius 1 is 0.886 bits per heavy atom. The number of aromatic nitrogens is 1. The van der Waals surface area contributed by atoms with E-state index in [2.05, 4.69) is 5.32 Å². The molecule has 6 rings (SSSR count). The quantitative estimate of drug-likeness (QED) is 0.174. The van der Waals surface area contributed by atoms with Crippen molar-refractivity contribution in [1.29, 1.82) is 0 Å². The highest BCUT2D eigenvalue weighted by Gasteiger charge is 2.46. The highest BCUT2D eigenvalue weighted by atomic mass is 35.5. The van der Waals surface area contributed by atoms with Gasteiger partial charge in [0, 0.05) is 28.2 Å². The molecule has 5 aromatic rings. The van der Waals surface area contributed by atoms with Gasteiger partial charge in [-0.25, -0.2) is 9.18 Å². The summed E-state index contributed by atoms with van der Waals surface area (Å²) < 4.78 is 56.8. The maximum atomic E-state index is 14.4. The largest absolute Gasteiger partial charge is 0.478 e. The lowest BCUT2D eigenvalue weighted by Gasteiger charge is -2.20. The molecule has 224 valence electrons. The van der Waals surface area contributed by atoms with Crippen LogP contribution in [0.15, 0.2) is 85.1 Å². The molecule has 1 saturated carbocycles. The van der Waals surface area contributed by atoms with Crippen molar-refractivity contribution in [3.05, 3.63) is 129 Å². The molecule has 1 heterocycles. The minimum Gasteiger partial charge on any atom is -0.478 e. The van der Waals surface area contributed by atoms with E-state index in [0.29, 0.717) is 39.9 Å². The van der Waals surface area contributed by atoms with Crippen LogP contribution >= 0.6 is 23.2 Å². The van der Waals surface area contributed by atoms with Crippen molar-refractivity contribution in [3.63, 3.8) is 0 Å². The lowest BCUT2D eigenvalue weighted by atomic mass is 9.97.